The van der Waals surface area contributed by atoms with E-state index < -0.39 is 11.7 Å². The van der Waals surface area contributed by atoms with Gasteiger partial charge in [0.1, 0.15) is 0 Å². The van der Waals surface area contributed by atoms with Gasteiger partial charge in [-0.3, -0.25) is 4.98 Å². The summed E-state index contributed by atoms with van der Waals surface area (Å²) < 4.78 is 38.3. The van der Waals surface area contributed by atoms with Crippen LogP contribution >= 0.6 is 0 Å². The number of nitrogen functional groups attached to an aromatic ring is 1. The van der Waals surface area contributed by atoms with Crippen LogP contribution in [0, 0.1) is 0 Å². The van der Waals surface area contributed by atoms with Crippen molar-refractivity contribution >= 4 is 16.6 Å². The van der Waals surface area contributed by atoms with Gasteiger partial charge in [0.05, 0.1) is 11.1 Å². The number of halogens is 3. The van der Waals surface area contributed by atoms with E-state index in [4.69, 9.17) is 5.73 Å². The summed E-state index contributed by atoms with van der Waals surface area (Å²) in [6, 6.07) is 3.64. The van der Waals surface area contributed by atoms with Gasteiger partial charge >= 0.3 is 6.18 Å². The van der Waals surface area contributed by atoms with E-state index in [1.54, 1.807) is 0 Å². The lowest BCUT2D eigenvalue weighted by molar-refractivity contribution is -0.137. The molecular weight excluding hydrogens is 265 g/mol. The second-order valence-corrected chi connectivity index (χ2v) is 5.76. The molecule has 1 fully saturated rings. The molecule has 0 saturated heterocycles. The molecule has 0 amide bonds. The van der Waals surface area contributed by atoms with Gasteiger partial charge in [0, 0.05) is 28.2 Å². The van der Waals surface area contributed by atoms with Gasteiger partial charge in [-0.15, -0.1) is 0 Å². The number of pyridine rings is 1. The van der Waals surface area contributed by atoms with Crippen LogP contribution in [0.15, 0.2) is 18.2 Å². The zero-order chi connectivity index (χ0) is 14.1. The lowest BCUT2D eigenvalue weighted by Crippen LogP contribution is -2.08. The van der Waals surface area contributed by atoms with Crippen molar-refractivity contribution in [3.8, 4) is 0 Å². The first kappa shape index (κ1) is 12.0. The lowest BCUT2D eigenvalue weighted by Gasteiger charge is -2.18. The summed E-state index contributed by atoms with van der Waals surface area (Å²) in [6.07, 6.45) is -1.10. The summed E-state index contributed by atoms with van der Waals surface area (Å²) in [5, 5.41) is 0.643. The fourth-order valence-electron chi connectivity index (χ4n) is 3.73. The zero-order valence-electron chi connectivity index (χ0n) is 10.7. The lowest BCUT2D eigenvalue weighted by atomic mass is 9.92. The smallest absolute Gasteiger partial charge is 0.398 e. The minimum absolute atomic E-state index is 0.364. The summed E-state index contributed by atoms with van der Waals surface area (Å²) in [5.41, 5.74) is 8.55. The van der Waals surface area contributed by atoms with Crippen molar-refractivity contribution in [3.05, 3.63) is 35.0 Å². The maximum atomic E-state index is 12.8. The largest absolute Gasteiger partial charge is 0.416 e. The number of hydrogen-bond acceptors (Lipinski definition) is 2. The van der Waals surface area contributed by atoms with E-state index in [0.29, 0.717) is 28.4 Å². The van der Waals surface area contributed by atoms with Crippen molar-refractivity contribution in [1.29, 1.82) is 0 Å². The van der Waals surface area contributed by atoms with Gasteiger partial charge in [0.15, 0.2) is 0 Å². The first-order valence-corrected chi connectivity index (χ1v) is 6.75. The monoisotopic (exact) mass is 278 g/mol. The minimum atomic E-state index is -4.34. The van der Waals surface area contributed by atoms with E-state index in [1.807, 2.05) is 0 Å². The third kappa shape index (κ3) is 1.49. The molecule has 2 atom stereocenters. The van der Waals surface area contributed by atoms with E-state index in [-0.39, 0.29) is 0 Å². The topological polar surface area (TPSA) is 38.9 Å². The Bertz CT molecular complexity index is 721. The number of anilines is 1. The fraction of sp³-hybridized carbons (Fsp3) is 0.400. The number of nitrogens with zero attached hydrogens (tertiary/aromatic N) is 1. The molecule has 1 saturated carbocycles. The van der Waals surface area contributed by atoms with Crippen LogP contribution < -0.4 is 5.73 Å². The summed E-state index contributed by atoms with van der Waals surface area (Å²) in [6.45, 7) is 0. The van der Waals surface area contributed by atoms with Crippen molar-refractivity contribution in [3.63, 3.8) is 0 Å². The Balaban J connectivity index is 1.98. The summed E-state index contributed by atoms with van der Waals surface area (Å²) >= 11 is 0. The maximum Gasteiger partial charge on any atom is 0.416 e. The predicted molar refractivity (Wildman–Crippen MR) is 70.5 cm³/mol. The van der Waals surface area contributed by atoms with Gasteiger partial charge < -0.3 is 5.73 Å². The SMILES string of the molecule is Nc1c2c(nc3cc(C(F)(F)F)ccc13)C1CCC2C1. The number of hydrogen-bond donors (Lipinski definition) is 1. The molecule has 0 radical (unpaired) electrons. The van der Waals surface area contributed by atoms with Crippen LogP contribution in [-0.2, 0) is 6.18 Å². The highest BCUT2D eigenvalue weighted by Gasteiger charge is 2.40. The molecule has 2 N–H and O–H groups in total. The first-order valence-electron chi connectivity index (χ1n) is 6.75. The van der Waals surface area contributed by atoms with E-state index in [2.05, 4.69) is 4.98 Å². The van der Waals surface area contributed by atoms with Crippen molar-refractivity contribution < 1.29 is 13.2 Å². The van der Waals surface area contributed by atoms with Gasteiger partial charge in [-0.2, -0.15) is 13.2 Å². The van der Waals surface area contributed by atoms with Crippen LogP contribution in [0.3, 0.4) is 0 Å². The van der Waals surface area contributed by atoms with Crippen molar-refractivity contribution in [2.24, 2.45) is 0 Å². The van der Waals surface area contributed by atoms with Crippen LogP contribution in [0.2, 0.25) is 0 Å². The van der Waals surface area contributed by atoms with Crippen LogP contribution in [0.1, 0.15) is 47.9 Å². The Morgan fingerprint density at radius 1 is 1.15 bits per heavy atom. The molecule has 2 aliphatic carbocycles. The summed E-state index contributed by atoms with van der Waals surface area (Å²) in [7, 11) is 0. The second kappa shape index (κ2) is 3.65. The quantitative estimate of drug-likeness (QED) is 0.784. The molecule has 2 nitrogen and oxygen atoms in total. The van der Waals surface area contributed by atoms with E-state index >= 15 is 0 Å². The molecule has 104 valence electrons. The average molecular weight is 278 g/mol. The van der Waals surface area contributed by atoms with E-state index in [0.717, 1.165) is 42.7 Å². The third-order valence-electron chi connectivity index (χ3n) is 4.65. The normalized spacial score (nSPS) is 24.4. The Morgan fingerprint density at radius 3 is 2.65 bits per heavy atom. The molecule has 0 spiro atoms. The number of aromatic nitrogens is 1. The maximum absolute atomic E-state index is 12.8. The number of benzene rings is 1. The average Bonchev–Trinajstić information content (AvgIpc) is 2.98. The molecule has 1 heterocycles. The molecule has 2 bridgehead atoms. The van der Waals surface area contributed by atoms with Crippen molar-refractivity contribution in [2.45, 2.75) is 37.3 Å². The van der Waals surface area contributed by atoms with Gasteiger partial charge in [-0.05, 0) is 37.3 Å². The second-order valence-electron chi connectivity index (χ2n) is 5.76. The van der Waals surface area contributed by atoms with Gasteiger partial charge in [-0.1, -0.05) is 6.07 Å². The standard InChI is InChI=1S/C15H13F3N2/c16-15(17,18)9-3-4-10-11(6-9)20-14-8-2-1-7(5-8)12(14)13(10)19/h3-4,6-8H,1-2,5H2,(H2,19,20). The predicted octanol–water partition coefficient (Wildman–Crippen LogP) is 4.20. The summed E-state index contributed by atoms with van der Waals surface area (Å²) in [5.74, 6) is 0.838. The van der Waals surface area contributed by atoms with Crippen LogP contribution in [0.25, 0.3) is 10.9 Å². The highest BCUT2D eigenvalue weighted by atomic mass is 19.4. The van der Waals surface area contributed by atoms with Gasteiger partial charge in [0.25, 0.3) is 0 Å². The first-order chi connectivity index (χ1) is 9.45. The van der Waals surface area contributed by atoms with Gasteiger partial charge in [-0.25, -0.2) is 0 Å². The minimum Gasteiger partial charge on any atom is -0.398 e. The molecule has 5 heteroatoms. The summed E-state index contributed by atoms with van der Waals surface area (Å²) in [4.78, 5) is 4.49. The number of rotatable bonds is 0. The number of fused-ring (bicyclic) bond motifs is 6. The molecule has 1 aromatic heterocycles. The molecule has 2 aromatic rings. The highest BCUT2D eigenvalue weighted by Crippen LogP contribution is 2.55. The van der Waals surface area contributed by atoms with Gasteiger partial charge in [0.2, 0.25) is 0 Å². The number of nitrogens with two attached hydrogens (primary N) is 1. The molecule has 2 unspecified atom stereocenters. The Hall–Kier alpha value is -1.78. The number of alkyl halides is 3. The van der Waals surface area contributed by atoms with Crippen LogP contribution in [-0.4, -0.2) is 4.98 Å². The molecular formula is C15H13F3N2. The third-order valence-corrected chi connectivity index (χ3v) is 4.65. The van der Waals surface area contributed by atoms with E-state index in [1.165, 1.54) is 6.07 Å². The van der Waals surface area contributed by atoms with Crippen LogP contribution in [0.4, 0.5) is 18.9 Å². The molecule has 20 heavy (non-hydrogen) atoms. The van der Waals surface area contributed by atoms with Crippen LogP contribution in [0.5, 0.6) is 0 Å². The molecule has 0 aliphatic heterocycles. The fourth-order valence-corrected chi connectivity index (χ4v) is 3.73. The Morgan fingerprint density at radius 2 is 1.90 bits per heavy atom. The zero-order valence-corrected chi connectivity index (χ0v) is 10.7. The Labute approximate surface area is 113 Å². The van der Waals surface area contributed by atoms with Crippen molar-refractivity contribution in [2.75, 3.05) is 5.73 Å². The van der Waals surface area contributed by atoms with Crippen molar-refractivity contribution in [1.82, 2.24) is 4.98 Å². The highest BCUT2D eigenvalue weighted by molar-refractivity contribution is 5.93. The Kier molecular flexibility index (Phi) is 2.19. The van der Waals surface area contributed by atoms with E-state index in [9.17, 15) is 13.2 Å². The molecule has 1 aromatic carbocycles. The molecule has 2 aliphatic rings. The molecule has 4 rings (SSSR count).